The lowest BCUT2D eigenvalue weighted by Gasteiger charge is -2.40. The molecule has 1 aliphatic heterocycles. The number of aliphatic hydroxyl groups excluding tert-OH is 5. The summed E-state index contributed by atoms with van der Waals surface area (Å²) in [4.78, 5) is 13.1. The van der Waals surface area contributed by atoms with E-state index in [1.165, 1.54) is 193 Å². The average Bonchev–Trinajstić information content (AvgIpc) is 3.36. The van der Waals surface area contributed by atoms with Crippen LogP contribution < -0.4 is 5.32 Å². The van der Waals surface area contributed by atoms with E-state index in [9.17, 15) is 30.3 Å². The SMILES string of the molecule is CCCCCCC/C=C\C/C=C\C/C=C\CCCCCCCCCCC(=O)NC(COC1OC(CO)C(O)C(O)C1O)C(O)/C=C/CCCCCCCCCCCCCCCCCCCCCCCC. The van der Waals surface area contributed by atoms with Crippen molar-refractivity contribution in [1.82, 2.24) is 5.32 Å². The van der Waals surface area contributed by atoms with Crippen LogP contribution >= 0.6 is 0 Å². The molecule has 7 atom stereocenters. The first-order valence-electron chi connectivity index (χ1n) is 29.9. The van der Waals surface area contributed by atoms with E-state index in [1.807, 2.05) is 6.08 Å². The van der Waals surface area contributed by atoms with Gasteiger partial charge < -0.3 is 40.3 Å². The van der Waals surface area contributed by atoms with E-state index in [4.69, 9.17) is 9.47 Å². The van der Waals surface area contributed by atoms with Crippen molar-refractivity contribution in [3.63, 3.8) is 0 Å². The van der Waals surface area contributed by atoms with Gasteiger partial charge in [-0.1, -0.05) is 262 Å². The largest absolute Gasteiger partial charge is 0.394 e. The van der Waals surface area contributed by atoms with E-state index in [2.05, 4.69) is 55.6 Å². The van der Waals surface area contributed by atoms with Crippen LogP contribution in [0.3, 0.4) is 0 Å². The standard InChI is InChI=1S/C61H113NO8/c1-3-5-7-9-11-13-15-17-19-21-23-25-27-29-30-32-34-36-38-40-42-44-46-48-50-55(64)54(53-69-61-60(68)59(67)58(66)56(52-63)70-61)62-57(65)51-49-47-45-43-41-39-37-35-33-31-28-26-24-22-20-18-16-14-12-10-8-6-4-2/h16,18,22,24,28,31,48,50,54-56,58-61,63-64,66-68H,3-15,17,19-21,23,25-27,29-30,32-47,49,51-53H2,1-2H3,(H,62,65)/b18-16-,24-22-,31-28-,50-48+. The Balaban J connectivity index is 2.23. The van der Waals surface area contributed by atoms with Crippen LogP contribution in [0.4, 0.5) is 0 Å². The molecule has 6 N–H and O–H groups in total. The summed E-state index contributed by atoms with van der Waals surface area (Å²) in [6.07, 6.45) is 60.3. The van der Waals surface area contributed by atoms with Crippen molar-refractivity contribution in [2.24, 2.45) is 0 Å². The van der Waals surface area contributed by atoms with Gasteiger partial charge >= 0.3 is 0 Å². The molecule has 70 heavy (non-hydrogen) atoms. The predicted octanol–water partition coefficient (Wildman–Crippen LogP) is 14.9. The number of carbonyl (C=O) groups is 1. The smallest absolute Gasteiger partial charge is 0.220 e. The summed E-state index contributed by atoms with van der Waals surface area (Å²) in [5.41, 5.74) is 0. The predicted molar refractivity (Wildman–Crippen MR) is 295 cm³/mol. The normalized spacial score (nSPS) is 19.7. The molecule has 0 bridgehead atoms. The highest BCUT2D eigenvalue weighted by Crippen LogP contribution is 2.23. The number of allylic oxidation sites excluding steroid dienone is 7. The van der Waals surface area contributed by atoms with Crippen LogP contribution in [0.2, 0.25) is 0 Å². The highest BCUT2D eigenvalue weighted by molar-refractivity contribution is 5.76. The van der Waals surface area contributed by atoms with Gasteiger partial charge in [-0.05, 0) is 57.8 Å². The first-order chi connectivity index (χ1) is 34.3. The molecule has 0 aromatic rings. The third kappa shape index (κ3) is 39.7. The van der Waals surface area contributed by atoms with Gasteiger partial charge in [-0.25, -0.2) is 0 Å². The van der Waals surface area contributed by atoms with E-state index in [1.54, 1.807) is 6.08 Å². The average molecular weight is 989 g/mol. The van der Waals surface area contributed by atoms with Crippen LogP contribution in [-0.4, -0.2) is 87.5 Å². The Morgan fingerprint density at radius 1 is 0.486 bits per heavy atom. The third-order valence-corrected chi connectivity index (χ3v) is 14.1. The number of hydrogen-bond acceptors (Lipinski definition) is 8. The van der Waals surface area contributed by atoms with Gasteiger partial charge in [0.25, 0.3) is 0 Å². The molecule has 410 valence electrons. The summed E-state index contributed by atoms with van der Waals surface area (Å²) in [6.45, 7) is 3.79. The van der Waals surface area contributed by atoms with E-state index in [0.29, 0.717) is 6.42 Å². The van der Waals surface area contributed by atoms with Crippen molar-refractivity contribution in [3.05, 3.63) is 48.6 Å². The van der Waals surface area contributed by atoms with Gasteiger partial charge in [0.2, 0.25) is 5.91 Å². The molecule has 1 heterocycles. The molecule has 9 nitrogen and oxygen atoms in total. The molecule has 0 spiro atoms. The minimum atomic E-state index is -1.57. The van der Waals surface area contributed by atoms with Gasteiger partial charge in [-0.2, -0.15) is 0 Å². The van der Waals surface area contributed by atoms with Crippen LogP contribution in [0.5, 0.6) is 0 Å². The molecule has 0 aromatic heterocycles. The van der Waals surface area contributed by atoms with E-state index in [0.717, 1.165) is 64.2 Å². The summed E-state index contributed by atoms with van der Waals surface area (Å²) in [6, 6.07) is -0.811. The first kappa shape index (κ1) is 66.2. The zero-order chi connectivity index (χ0) is 50.8. The van der Waals surface area contributed by atoms with Crippen molar-refractivity contribution < 1.29 is 39.8 Å². The fraction of sp³-hybridized carbons (Fsp3) is 0.852. The Kier molecular flexibility index (Phi) is 47.9. The molecular weight excluding hydrogens is 875 g/mol. The Bertz CT molecular complexity index is 1240. The Morgan fingerprint density at radius 3 is 1.24 bits per heavy atom. The topological polar surface area (TPSA) is 149 Å². The zero-order valence-corrected chi connectivity index (χ0v) is 45.5. The summed E-state index contributed by atoms with van der Waals surface area (Å²) < 4.78 is 11.3. The second-order valence-electron chi connectivity index (χ2n) is 20.8. The number of aliphatic hydroxyl groups is 5. The Labute approximate surface area is 431 Å². The fourth-order valence-electron chi connectivity index (χ4n) is 9.40. The quantitative estimate of drug-likeness (QED) is 0.0261. The second kappa shape index (κ2) is 50.7. The monoisotopic (exact) mass is 988 g/mol. The minimum Gasteiger partial charge on any atom is -0.394 e. The molecule has 1 fully saturated rings. The molecule has 1 rings (SSSR count). The minimum absolute atomic E-state index is 0.182. The summed E-state index contributed by atoms with van der Waals surface area (Å²) >= 11 is 0. The van der Waals surface area contributed by atoms with Crippen LogP contribution in [0.15, 0.2) is 48.6 Å². The van der Waals surface area contributed by atoms with E-state index in [-0.39, 0.29) is 12.5 Å². The Morgan fingerprint density at radius 2 is 0.843 bits per heavy atom. The van der Waals surface area contributed by atoms with Gasteiger partial charge in [-0.3, -0.25) is 4.79 Å². The van der Waals surface area contributed by atoms with Crippen LogP contribution in [0, 0.1) is 0 Å². The van der Waals surface area contributed by atoms with Crippen molar-refractivity contribution in [3.8, 4) is 0 Å². The zero-order valence-electron chi connectivity index (χ0n) is 45.5. The molecule has 1 aliphatic rings. The summed E-state index contributed by atoms with van der Waals surface area (Å²) in [7, 11) is 0. The van der Waals surface area contributed by atoms with Crippen molar-refractivity contribution in [2.75, 3.05) is 13.2 Å². The highest BCUT2D eigenvalue weighted by Gasteiger charge is 2.44. The molecule has 0 aliphatic carbocycles. The van der Waals surface area contributed by atoms with Gasteiger partial charge in [-0.15, -0.1) is 0 Å². The number of ether oxygens (including phenoxy) is 2. The van der Waals surface area contributed by atoms with E-state index < -0.39 is 49.5 Å². The number of amides is 1. The third-order valence-electron chi connectivity index (χ3n) is 14.1. The van der Waals surface area contributed by atoms with Gasteiger partial charge in [0.15, 0.2) is 6.29 Å². The maximum atomic E-state index is 13.1. The van der Waals surface area contributed by atoms with Crippen LogP contribution in [-0.2, 0) is 14.3 Å². The maximum absolute atomic E-state index is 13.1. The molecule has 0 radical (unpaired) electrons. The Hall–Kier alpha value is -1.85. The van der Waals surface area contributed by atoms with Crippen molar-refractivity contribution in [1.29, 1.82) is 0 Å². The van der Waals surface area contributed by atoms with Gasteiger partial charge in [0.1, 0.15) is 24.4 Å². The molecule has 7 unspecified atom stereocenters. The lowest BCUT2D eigenvalue weighted by Crippen LogP contribution is -2.60. The molecule has 9 heteroatoms. The molecule has 0 aromatic carbocycles. The second-order valence-corrected chi connectivity index (χ2v) is 20.8. The van der Waals surface area contributed by atoms with Crippen LogP contribution in [0.25, 0.3) is 0 Å². The van der Waals surface area contributed by atoms with Crippen molar-refractivity contribution >= 4 is 5.91 Å². The number of unbranched alkanes of at least 4 members (excludes halogenated alkanes) is 35. The number of hydrogen-bond donors (Lipinski definition) is 6. The van der Waals surface area contributed by atoms with Gasteiger partial charge in [0, 0.05) is 6.42 Å². The number of rotatable bonds is 51. The van der Waals surface area contributed by atoms with Gasteiger partial charge in [0.05, 0.1) is 25.4 Å². The summed E-state index contributed by atoms with van der Waals surface area (Å²) in [5.74, 6) is -0.182. The molecule has 0 saturated carbocycles. The molecule has 1 amide bonds. The highest BCUT2D eigenvalue weighted by atomic mass is 16.7. The molecule has 1 saturated heterocycles. The van der Waals surface area contributed by atoms with Crippen LogP contribution in [0.1, 0.15) is 277 Å². The van der Waals surface area contributed by atoms with E-state index >= 15 is 0 Å². The fourth-order valence-corrected chi connectivity index (χ4v) is 9.40. The lowest BCUT2D eigenvalue weighted by molar-refractivity contribution is -0.302. The lowest BCUT2D eigenvalue weighted by atomic mass is 9.99. The maximum Gasteiger partial charge on any atom is 0.220 e. The molecular formula is C61H113NO8. The first-order valence-corrected chi connectivity index (χ1v) is 29.9. The number of carbonyl (C=O) groups excluding carboxylic acids is 1. The van der Waals surface area contributed by atoms with Crippen molar-refractivity contribution in [2.45, 2.75) is 320 Å². The number of nitrogens with one attached hydrogen (secondary N) is 1. The summed E-state index contributed by atoms with van der Waals surface area (Å²) in [5, 5.41) is 54.6.